The summed E-state index contributed by atoms with van der Waals surface area (Å²) >= 11 is 5.79. The van der Waals surface area contributed by atoms with Crippen LogP contribution < -0.4 is 0 Å². The van der Waals surface area contributed by atoms with Gasteiger partial charge in [0, 0.05) is 7.05 Å². The van der Waals surface area contributed by atoms with Crippen LogP contribution in [-0.4, -0.2) is 24.9 Å². The van der Waals surface area contributed by atoms with Crippen LogP contribution >= 0.6 is 11.6 Å². The van der Waals surface area contributed by atoms with Crippen LogP contribution in [0.5, 0.6) is 5.75 Å². The first-order valence-electron chi connectivity index (χ1n) is 6.18. The molecule has 0 bridgehead atoms. The minimum atomic E-state index is -0.759. The second-order valence-electron chi connectivity index (χ2n) is 4.50. The van der Waals surface area contributed by atoms with E-state index in [2.05, 4.69) is 15.2 Å². The molecule has 0 fully saturated rings. The summed E-state index contributed by atoms with van der Waals surface area (Å²) in [6.07, 6.45) is 0. The fourth-order valence-electron chi connectivity index (χ4n) is 2.06. The van der Waals surface area contributed by atoms with Gasteiger partial charge in [0.25, 0.3) is 0 Å². The molecule has 0 atom stereocenters. The van der Waals surface area contributed by atoms with Gasteiger partial charge in [-0.3, -0.25) is 0 Å². The summed E-state index contributed by atoms with van der Waals surface area (Å²) in [6.45, 7) is 0. The quantitative estimate of drug-likeness (QED) is 0.736. The molecular weight excluding hydrogens is 314 g/mol. The minimum absolute atomic E-state index is 0.0215. The lowest BCUT2D eigenvalue weighted by Gasteiger charge is -2.07. The van der Waals surface area contributed by atoms with Crippen LogP contribution in [0.2, 0.25) is 5.15 Å². The molecule has 3 rings (SSSR count). The Morgan fingerprint density at radius 1 is 1.05 bits per heavy atom. The third kappa shape index (κ3) is 2.29. The van der Waals surface area contributed by atoms with Crippen molar-refractivity contribution < 1.29 is 13.9 Å². The van der Waals surface area contributed by atoms with E-state index in [1.54, 1.807) is 0 Å². The molecular formula is C14H9ClF2N4O. The summed E-state index contributed by atoms with van der Waals surface area (Å²) in [4.78, 5) is 3.96. The van der Waals surface area contributed by atoms with Crippen LogP contribution in [0.4, 0.5) is 8.78 Å². The first-order valence-corrected chi connectivity index (χ1v) is 6.56. The maximum Gasteiger partial charge on any atom is 0.186 e. The molecule has 1 aromatic carbocycles. The van der Waals surface area contributed by atoms with Crippen LogP contribution in [-0.2, 0) is 7.05 Å². The van der Waals surface area contributed by atoms with E-state index in [0.29, 0.717) is 0 Å². The van der Waals surface area contributed by atoms with Gasteiger partial charge in [0.1, 0.15) is 22.5 Å². The molecule has 8 heteroatoms. The number of aromatic hydroxyl groups is 1. The van der Waals surface area contributed by atoms with Crippen LogP contribution in [0.15, 0.2) is 30.3 Å². The molecule has 1 N–H and O–H groups in total. The van der Waals surface area contributed by atoms with Crippen molar-refractivity contribution in [1.29, 1.82) is 0 Å². The average Bonchev–Trinajstić information content (AvgIpc) is 2.83. The lowest BCUT2D eigenvalue weighted by molar-refractivity contribution is 0.474. The van der Waals surface area contributed by atoms with Gasteiger partial charge in [0.15, 0.2) is 17.3 Å². The molecule has 112 valence electrons. The Morgan fingerprint density at radius 2 is 1.68 bits per heavy atom. The first-order chi connectivity index (χ1) is 10.5. The molecule has 5 nitrogen and oxygen atoms in total. The summed E-state index contributed by atoms with van der Waals surface area (Å²) in [5, 5.41) is 17.6. The Bertz CT molecular complexity index is 846. The molecule has 2 heterocycles. The summed E-state index contributed by atoms with van der Waals surface area (Å²) < 4.78 is 29.1. The number of rotatable bonds is 2. The smallest absolute Gasteiger partial charge is 0.186 e. The van der Waals surface area contributed by atoms with E-state index in [9.17, 15) is 13.9 Å². The van der Waals surface area contributed by atoms with Crippen molar-refractivity contribution in [3.05, 3.63) is 47.1 Å². The number of hydrogen-bond acceptors (Lipinski definition) is 4. The molecule has 22 heavy (non-hydrogen) atoms. The van der Waals surface area contributed by atoms with Crippen LogP contribution in [0.1, 0.15) is 0 Å². The Labute approximate surface area is 128 Å². The molecule has 2 aromatic heterocycles. The second-order valence-corrected chi connectivity index (χ2v) is 4.89. The largest absolute Gasteiger partial charge is 0.506 e. The molecule has 0 radical (unpaired) electrons. The van der Waals surface area contributed by atoms with Crippen molar-refractivity contribution in [2.75, 3.05) is 0 Å². The van der Waals surface area contributed by atoms with E-state index in [1.165, 1.54) is 29.8 Å². The number of benzene rings is 1. The van der Waals surface area contributed by atoms with Gasteiger partial charge in [-0.1, -0.05) is 17.7 Å². The van der Waals surface area contributed by atoms with Gasteiger partial charge in [-0.15, -0.1) is 10.2 Å². The lowest BCUT2D eigenvalue weighted by atomic mass is 10.2. The second kappa shape index (κ2) is 5.34. The van der Waals surface area contributed by atoms with Crippen molar-refractivity contribution >= 4 is 11.6 Å². The van der Waals surface area contributed by atoms with E-state index >= 15 is 0 Å². The summed E-state index contributed by atoms with van der Waals surface area (Å²) in [5.41, 5.74) is -0.226. The van der Waals surface area contributed by atoms with Gasteiger partial charge < -0.3 is 9.67 Å². The first kappa shape index (κ1) is 14.4. The van der Waals surface area contributed by atoms with Gasteiger partial charge in [-0.05, 0) is 24.3 Å². The van der Waals surface area contributed by atoms with Crippen molar-refractivity contribution in [3.63, 3.8) is 0 Å². The highest BCUT2D eigenvalue weighted by Gasteiger charge is 2.21. The molecule has 0 unspecified atom stereocenters. The van der Waals surface area contributed by atoms with Gasteiger partial charge in [-0.25, -0.2) is 13.8 Å². The highest BCUT2D eigenvalue weighted by atomic mass is 35.5. The third-order valence-electron chi connectivity index (χ3n) is 3.11. The van der Waals surface area contributed by atoms with E-state index in [1.807, 2.05) is 0 Å². The standard InChI is InChI=1S/C14H9ClF2N4O/c1-21-13(11-7(16)3-2-4-8(11)17)19-20-14(21)12-9(22)5-6-10(15)18-12/h2-6,22H,1H3. The Kier molecular flexibility index (Phi) is 3.50. The predicted molar refractivity (Wildman–Crippen MR) is 76.3 cm³/mol. The molecule has 0 saturated heterocycles. The highest BCUT2D eigenvalue weighted by Crippen LogP contribution is 2.31. The maximum absolute atomic E-state index is 13.9. The zero-order chi connectivity index (χ0) is 15.9. The zero-order valence-corrected chi connectivity index (χ0v) is 12.0. The third-order valence-corrected chi connectivity index (χ3v) is 3.32. The Morgan fingerprint density at radius 3 is 2.36 bits per heavy atom. The van der Waals surface area contributed by atoms with Gasteiger partial charge in [-0.2, -0.15) is 0 Å². The molecule has 0 aliphatic heterocycles. The van der Waals surface area contributed by atoms with Crippen molar-refractivity contribution in [2.24, 2.45) is 7.05 Å². The monoisotopic (exact) mass is 322 g/mol. The van der Waals surface area contributed by atoms with Gasteiger partial charge >= 0.3 is 0 Å². The molecule has 0 saturated carbocycles. The van der Waals surface area contributed by atoms with Crippen LogP contribution in [0.25, 0.3) is 22.9 Å². The number of halogens is 3. The van der Waals surface area contributed by atoms with Crippen molar-refractivity contribution in [3.8, 4) is 28.7 Å². The Balaban J connectivity index is 2.20. The van der Waals surface area contributed by atoms with Crippen LogP contribution in [0.3, 0.4) is 0 Å². The fraction of sp³-hybridized carbons (Fsp3) is 0.0714. The number of aromatic nitrogens is 4. The SMILES string of the molecule is Cn1c(-c2nc(Cl)ccc2O)nnc1-c1c(F)cccc1F. The topological polar surface area (TPSA) is 63.8 Å². The van der Waals surface area contributed by atoms with Gasteiger partial charge in [0.05, 0.1) is 5.56 Å². The number of nitrogens with zero attached hydrogens (tertiary/aromatic N) is 4. The lowest BCUT2D eigenvalue weighted by Crippen LogP contribution is -2.00. The fourth-order valence-corrected chi connectivity index (χ4v) is 2.20. The molecule has 0 amide bonds. The van der Waals surface area contributed by atoms with Crippen LogP contribution in [0, 0.1) is 11.6 Å². The number of hydrogen-bond donors (Lipinski definition) is 1. The minimum Gasteiger partial charge on any atom is -0.506 e. The zero-order valence-electron chi connectivity index (χ0n) is 11.3. The normalized spacial score (nSPS) is 10.9. The molecule has 0 spiro atoms. The maximum atomic E-state index is 13.9. The van der Waals surface area contributed by atoms with E-state index in [0.717, 1.165) is 12.1 Å². The predicted octanol–water partition coefficient (Wildman–Crippen LogP) is 3.18. The van der Waals surface area contributed by atoms with E-state index < -0.39 is 11.6 Å². The highest BCUT2D eigenvalue weighted by molar-refractivity contribution is 6.29. The van der Waals surface area contributed by atoms with E-state index in [-0.39, 0.29) is 33.8 Å². The molecule has 3 aromatic rings. The van der Waals surface area contributed by atoms with Crippen molar-refractivity contribution in [2.45, 2.75) is 0 Å². The summed E-state index contributed by atoms with van der Waals surface area (Å²) in [7, 11) is 1.51. The molecule has 0 aliphatic carbocycles. The van der Waals surface area contributed by atoms with E-state index in [4.69, 9.17) is 11.6 Å². The van der Waals surface area contributed by atoms with Gasteiger partial charge in [0.2, 0.25) is 0 Å². The average molecular weight is 323 g/mol. The Hall–Kier alpha value is -2.54. The summed E-state index contributed by atoms with van der Waals surface area (Å²) in [6, 6.07) is 6.27. The summed E-state index contributed by atoms with van der Waals surface area (Å²) in [5.74, 6) is -1.57. The number of pyridine rings is 1. The van der Waals surface area contributed by atoms with Crippen molar-refractivity contribution in [1.82, 2.24) is 19.7 Å². The molecule has 0 aliphatic rings.